The number of pyridine rings is 1. The van der Waals surface area contributed by atoms with Gasteiger partial charge in [-0.25, -0.2) is 4.98 Å². The number of hydrogen-bond acceptors (Lipinski definition) is 3. The number of para-hydroxylation sites is 1. The Morgan fingerprint density at radius 3 is 2.28 bits per heavy atom. The first-order valence-corrected chi connectivity index (χ1v) is 8.82. The summed E-state index contributed by atoms with van der Waals surface area (Å²) in [5, 5.41) is 3.26. The summed E-state index contributed by atoms with van der Waals surface area (Å²) in [5.74, 6) is -0.108. The molecule has 1 aromatic heterocycles. The molecule has 3 aromatic rings. The number of rotatable bonds is 5. The first-order chi connectivity index (χ1) is 12.2. The second-order valence-electron chi connectivity index (χ2n) is 5.45. The smallest absolute Gasteiger partial charge is 0.276 e. The van der Waals surface area contributed by atoms with Crippen LogP contribution in [0, 0.1) is 0 Å². The van der Waals surface area contributed by atoms with Crippen molar-refractivity contribution in [3.8, 4) is 0 Å². The largest absolute Gasteiger partial charge is 0.354 e. The Morgan fingerprint density at radius 2 is 1.68 bits per heavy atom. The molecule has 1 amide bonds. The van der Waals surface area contributed by atoms with E-state index in [2.05, 4.69) is 26.2 Å². The van der Waals surface area contributed by atoms with Gasteiger partial charge in [-0.1, -0.05) is 34.1 Å². The van der Waals surface area contributed by atoms with Crippen LogP contribution in [0.3, 0.4) is 0 Å². The molecule has 0 saturated heterocycles. The number of benzene rings is 2. The minimum absolute atomic E-state index is 0.108. The lowest BCUT2D eigenvalue weighted by atomic mass is 10.2. The van der Waals surface area contributed by atoms with E-state index in [1.807, 2.05) is 67.6 Å². The standard InChI is InChI=1S/C20H18BrN3O/c1-2-24(18-6-4-3-5-7-18)20(25)19-13-12-17(14-22-19)23-16-10-8-15(21)9-11-16/h3-14,23H,2H2,1H3. The maximum absolute atomic E-state index is 12.7. The number of nitrogens with zero attached hydrogens (tertiary/aromatic N) is 2. The lowest BCUT2D eigenvalue weighted by Crippen LogP contribution is -2.31. The van der Waals surface area contributed by atoms with Crippen molar-refractivity contribution in [2.75, 3.05) is 16.8 Å². The Morgan fingerprint density at radius 1 is 1.00 bits per heavy atom. The van der Waals surface area contributed by atoms with Crippen LogP contribution in [-0.4, -0.2) is 17.4 Å². The molecule has 0 aliphatic carbocycles. The van der Waals surface area contributed by atoms with Crippen LogP contribution in [-0.2, 0) is 0 Å². The van der Waals surface area contributed by atoms with E-state index in [-0.39, 0.29) is 5.91 Å². The third-order valence-corrected chi connectivity index (χ3v) is 4.27. The molecule has 0 atom stereocenters. The summed E-state index contributed by atoms with van der Waals surface area (Å²) < 4.78 is 1.03. The normalized spacial score (nSPS) is 10.3. The van der Waals surface area contributed by atoms with Gasteiger partial charge in [-0.15, -0.1) is 0 Å². The van der Waals surface area contributed by atoms with Gasteiger partial charge in [0.05, 0.1) is 11.9 Å². The molecule has 1 heterocycles. The van der Waals surface area contributed by atoms with E-state index >= 15 is 0 Å². The monoisotopic (exact) mass is 395 g/mol. The lowest BCUT2D eigenvalue weighted by Gasteiger charge is -2.20. The molecular weight excluding hydrogens is 378 g/mol. The van der Waals surface area contributed by atoms with Crippen molar-refractivity contribution in [2.24, 2.45) is 0 Å². The molecule has 2 aromatic carbocycles. The third kappa shape index (κ3) is 4.25. The van der Waals surface area contributed by atoms with Crippen molar-refractivity contribution in [1.29, 1.82) is 0 Å². The van der Waals surface area contributed by atoms with Crippen LogP contribution >= 0.6 is 15.9 Å². The van der Waals surface area contributed by atoms with E-state index in [0.29, 0.717) is 12.2 Å². The number of carbonyl (C=O) groups is 1. The SMILES string of the molecule is CCN(C(=O)c1ccc(Nc2ccc(Br)cc2)cn1)c1ccccc1. The number of hydrogen-bond donors (Lipinski definition) is 1. The van der Waals surface area contributed by atoms with Crippen LogP contribution in [0.15, 0.2) is 77.4 Å². The zero-order valence-electron chi connectivity index (χ0n) is 13.8. The average Bonchev–Trinajstić information content (AvgIpc) is 2.66. The summed E-state index contributed by atoms with van der Waals surface area (Å²) in [6.07, 6.45) is 1.67. The zero-order valence-corrected chi connectivity index (χ0v) is 15.4. The molecular formula is C20H18BrN3O. The second kappa shape index (κ2) is 7.94. The van der Waals surface area contributed by atoms with E-state index in [9.17, 15) is 4.79 Å². The highest BCUT2D eigenvalue weighted by atomic mass is 79.9. The van der Waals surface area contributed by atoms with Crippen molar-refractivity contribution >= 4 is 38.9 Å². The van der Waals surface area contributed by atoms with Gasteiger partial charge in [0.2, 0.25) is 0 Å². The fourth-order valence-electron chi connectivity index (χ4n) is 2.48. The van der Waals surface area contributed by atoms with Crippen molar-refractivity contribution in [1.82, 2.24) is 4.98 Å². The van der Waals surface area contributed by atoms with Gasteiger partial charge in [-0.2, -0.15) is 0 Å². The molecule has 4 nitrogen and oxygen atoms in total. The number of amides is 1. The van der Waals surface area contributed by atoms with Gasteiger partial charge in [-0.05, 0) is 55.5 Å². The molecule has 3 rings (SSSR count). The Bertz CT molecular complexity index is 833. The van der Waals surface area contributed by atoms with Crippen LogP contribution in [0.1, 0.15) is 17.4 Å². The van der Waals surface area contributed by atoms with Crippen molar-refractivity contribution in [2.45, 2.75) is 6.92 Å². The molecule has 0 fully saturated rings. The van der Waals surface area contributed by atoms with Gasteiger partial charge in [0.25, 0.3) is 5.91 Å². The Labute approximate surface area is 155 Å². The number of aromatic nitrogens is 1. The summed E-state index contributed by atoms with van der Waals surface area (Å²) in [7, 11) is 0. The quantitative estimate of drug-likeness (QED) is 0.640. The first kappa shape index (κ1) is 17.2. The molecule has 0 unspecified atom stereocenters. The molecule has 0 aliphatic heterocycles. The number of anilines is 3. The average molecular weight is 396 g/mol. The van der Waals surface area contributed by atoms with Crippen molar-refractivity contribution in [3.05, 3.63) is 83.1 Å². The highest BCUT2D eigenvalue weighted by Crippen LogP contribution is 2.20. The van der Waals surface area contributed by atoms with Crippen LogP contribution in [0.25, 0.3) is 0 Å². The fourth-order valence-corrected chi connectivity index (χ4v) is 2.75. The minimum Gasteiger partial charge on any atom is -0.354 e. The Balaban J connectivity index is 1.74. The van der Waals surface area contributed by atoms with Crippen LogP contribution in [0.5, 0.6) is 0 Å². The fraction of sp³-hybridized carbons (Fsp3) is 0.100. The lowest BCUT2D eigenvalue weighted by molar-refractivity contribution is 0.0983. The second-order valence-corrected chi connectivity index (χ2v) is 6.36. The number of halogens is 1. The maximum atomic E-state index is 12.7. The van der Waals surface area contributed by atoms with Crippen LogP contribution in [0.4, 0.5) is 17.1 Å². The van der Waals surface area contributed by atoms with Crippen molar-refractivity contribution in [3.63, 3.8) is 0 Å². The van der Waals surface area contributed by atoms with Gasteiger partial charge in [0.1, 0.15) is 5.69 Å². The molecule has 1 N–H and O–H groups in total. The van der Waals surface area contributed by atoms with E-state index < -0.39 is 0 Å². The molecule has 0 saturated carbocycles. The van der Waals surface area contributed by atoms with Gasteiger partial charge in [-0.3, -0.25) is 4.79 Å². The molecule has 0 bridgehead atoms. The number of carbonyl (C=O) groups excluding carboxylic acids is 1. The van der Waals surface area contributed by atoms with Crippen LogP contribution < -0.4 is 10.2 Å². The molecule has 0 radical (unpaired) electrons. The van der Waals surface area contributed by atoms with Gasteiger partial charge >= 0.3 is 0 Å². The Hall–Kier alpha value is -2.66. The summed E-state index contributed by atoms with van der Waals surface area (Å²) in [6.45, 7) is 2.54. The Kier molecular flexibility index (Phi) is 5.46. The predicted octanol–water partition coefficient (Wildman–Crippen LogP) is 5.25. The van der Waals surface area contributed by atoms with Gasteiger partial charge in [0, 0.05) is 22.4 Å². The van der Waals surface area contributed by atoms with Crippen LogP contribution in [0.2, 0.25) is 0 Å². The predicted molar refractivity (Wildman–Crippen MR) is 105 cm³/mol. The topological polar surface area (TPSA) is 45.2 Å². The van der Waals surface area contributed by atoms with E-state index in [4.69, 9.17) is 0 Å². The maximum Gasteiger partial charge on any atom is 0.276 e. The molecule has 0 spiro atoms. The van der Waals surface area contributed by atoms with E-state index in [1.54, 1.807) is 17.2 Å². The first-order valence-electron chi connectivity index (χ1n) is 8.03. The highest BCUT2D eigenvalue weighted by Gasteiger charge is 2.16. The number of nitrogens with one attached hydrogen (secondary N) is 1. The highest BCUT2D eigenvalue weighted by molar-refractivity contribution is 9.10. The third-order valence-electron chi connectivity index (χ3n) is 3.74. The molecule has 0 aliphatic rings. The van der Waals surface area contributed by atoms with E-state index in [1.165, 1.54) is 0 Å². The minimum atomic E-state index is -0.108. The van der Waals surface area contributed by atoms with E-state index in [0.717, 1.165) is 21.5 Å². The summed E-state index contributed by atoms with van der Waals surface area (Å²) in [4.78, 5) is 18.8. The molecule has 5 heteroatoms. The molecule has 126 valence electrons. The zero-order chi connectivity index (χ0) is 17.6. The van der Waals surface area contributed by atoms with Crippen molar-refractivity contribution < 1.29 is 4.79 Å². The summed E-state index contributed by atoms with van der Waals surface area (Å²) in [5.41, 5.74) is 3.09. The summed E-state index contributed by atoms with van der Waals surface area (Å²) in [6, 6.07) is 21.1. The van der Waals surface area contributed by atoms with Gasteiger partial charge < -0.3 is 10.2 Å². The molecule has 25 heavy (non-hydrogen) atoms. The summed E-state index contributed by atoms with van der Waals surface area (Å²) >= 11 is 3.41. The van der Waals surface area contributed by atoms with Gasteiger partial charge in [0.15, 0.2) is 0 Å².